The smallest absolute Gasteiger partial charge is 0.309 e. The molecule has 0 amide bonds. The molecule has 0 saturated carbocycles. The summed E-state index contributed by atoms with van der Waals surface area (Å²) in [6.45, 7) is 2.64. The molecule has 0 N–H and O–H groups in total. The monoisotopic (exact) mass is 553 g/mol. The normalized spacial score (nSPS) is 15.0. The number of likely N-dealkylation sites (tertiary alicyclic amines) is 1. The summed E-state index contributed by atoms with van der Waals surface area (Å²) >= 11 is 5.86. The third kappa shape index (κ3) is 7.88. The zero-order valence-corrected chi connectivity index (χ0v) is 22.3. The molecule has 0 atom stereocenters. The van der Waals surface area contributed by atoms with E-state index in [2.05, 4.69) is 4.90 Å². The van der Waals surface area contributed by atoms with E-state index in [1.165, 1.54) is 35.7 Å². The van der Waals surface area contributed by atoms with Crippen LogP contribution in [-0.2, 0) is 26.0 Å². The predicted molar refractivity (Wildman–Crippen MR) is 139 cm³/mol. The molecule has 1 aliphatic rings. The molecule has 202 valence electrons. The van der Waals surface area contributed by atoms with Crippen molar-refractivity contribution in [2.24, 2.45) is 0 Å². The minimum atomic E-state index is -4.08. The molecule has 12 heteroatoms. The molecule has 0 radical (unpaired) electrons. The number of ether oxygens (including phenoxy) is 2. The van der Waals surface area contributed by atoms with Crippen LogP contribution in [0.25, 0.3) is 0 Å². The van der Waals surface area contributed by atoms with E-state index in [4.69, 9.17) is 21.1 Å². The van der Waals surface area contributed by atoms with E-state index >= 15 is 0 Å². The van der Waals surface area contributed by atoms with Gasteiger partial charge in [0.2, 0.25) is 10.0 Å². The van der Waals surface area contributed by atoms with E-state index in [1.54, 1.807) is 0 Å². The van der Waals surface area contributed by atoms with Gasteiger partial charge in [0.25, 0.3) is 5.69 Å². The topological polar surface area (TPSA) is 119 Å². The maximum Gasteiger partial charge on any atom is 0.309 e. The van der Waals surface area contributed by atoms with Gasteiger partial charge in [-0.2, -0.15) is 4.31 Å². The van der Waals surface area contributed by atoms with Crippen molar-refractivity contribution in [1.29, 1.82) is 0 Å². The van der Waals surface area contributed by atoms with Gasteiger partial charge in [-0.25, -0.2) is 8.42 Å². The summed E-state index contributed by atoms with van der Waals surface area (Å²) < 4.78 is 39.0. The van der Waals surface area contributed by atoms with E-state index in [0.29, 0.717) is 57.1 Å². The minimum Gasteiger partial charge on any atom is -0.492 e. The first kappa shape index (κ1) is 28.8. The van der Waals surface area contributed by atoms with Gasteiger partial charge < -0.3 is 9.47 Å². The number of hydrogen-bond donors (Lipinski definition) is 0. The summed E-state index contributed by atoms with van der Waals surface area (Å²) in [6, 6.07) is 12.5. The van der Waals surface area contributed by atoms with Crippen molar-refractivity contribution in [3.8, 4) is 5.75 Å². The Kier molecular flexibility index (Phi) is 10.7. The Bertz CT molecular complexity index is 1170. The number of carbonyl (C=O) groups excluding carboxylic acids is 1. The number of hydrogen-bond acceptors (Lipinski definition) is 8. The fraction of sp³-hybridized carbons (Fsp3) is 0.480. The van der Waals surface area contributed by atoms with Gasteiger partial charge in [0.1, 0.15) is 12.4 Å². The summed E-state index contributed by atoms with van der Waals surface area (Å²) in [4.78, 5) is 24.2. The molecule has 3 rings (SSSR count). The molecule has 0 aliphatic carbocycles. The third-order valence-corrected chi connectivity index (χ3v) is 8.54. The molecule has 0 aromatic heterocycles. The number of piperidine rings is 1. The van der Waals surface area contributed by atoms with Crippen LogP contribution in [0, 0.1) is 10.1 Å². The standard InChI is InChI=1S/C25H32ClN3O7S/c1-35-25(30)19-20-6-4-7-22(18-20)36-17-16-27-14-10-21(11-15-27)28(13-5-12-26)37(33,34)24-9-3-2-8-23(24)29(31)32/h2-4,6-9,18,21H,5,10-17,19H2,1H3. The SMILES string of the molecule is COC(=O)Cc1cccc(OCCN2CCC(N(CCCCl)S(=O)(=O)c3ccccc3[N+](=O)[O-])CC2)c1. The average molecular weight is 554 g/mol. The van der Waals surface area contributed by atoms with Gasteiger partial charge in [-0.05, 0) is 56.1 Å². The van der Waals surface area contributed by atoms with Crippen LogP contribution in [0.15, 0.2) is 53.4 Å². The van der Waals surface area contributed by atoms with Gasteiger partial charge >= 0.3 is 5.97 Å². The highest BCUT2D eigenvalue weighted by atomic mass is 35.5. The van der Waals surface area contributed by atoms with E-state index < -0.39 is 20.6 Å². The Labute approximate surface area is 222 Å². The molecule has 1 fully saturated rings. The number of halogens is 1. The lowest BCUT2D eigenvalue weighted by Crippen LogP contribution is -2.48. The molecule has 1 saturated heterocycles. The maximum absolute atomic E-state index is 13.5. The molecule has 1 aliphatic heterocycles. The largest absolute Gasteiger partial charge is 0.492 e. The van der Waals surface area contributed by atoms with Crippen LogP contribution >= 0.6 is 11.6 Å². The number of alkyl halides is 1. The first-order chi connectivity index (χ1) is 17.8. The Morgan fingerprint density at radius 2 is 1.92 bits per heavy atom. The predicted octanol–water partition coefficient (Wildman–Crippen LogP) is 3.47. The lowest BCUT2D eigenvalue weighted by molar-refractivity contribution is -0.387. The number of nitro groups is 1. The fourth-order valence-electron chi connectivity index (χ4n) is 4.37. The molecule has 10 nitrogen and oxygen atoms in total. The number of para-hydroxylation sites is 1. The summed E-state index contributed by atoms with van der Waals surface area (Å²) in [6.07, 6.45) is 1.81. The van der Waals surface area contributed by atoms with Crippen molar-refractivity contribution in [2.45, 2.75) is 36.6 Å². The number of sulfonamides is 1. The van der Waals surface area contributed by atoms with Crippen molar-refractivity contribution in [1.82, 2.24) is 9.21 Å². The molecule has 1 heterocycles. The Hall–Kier alpha value is -2.73. The van der Waals surface area contributed by atoms with Crippen LogP contribution in [-0.4, -0.2) is 80.3 Å². The van der Waals surface area contributed by atoms with Gasteiger partial charge in [-0.3, -0.25) is 19.8 Å². The third-order valence-electron chi connectivity index (χ3n) is 6.28. The molecule has 37 heavy (non-hydrogen) atoms. The summed E-state index contributed by atoms with van der Waals surface area (Å²) in [5.74, 6) is 0.642. The number of nitro benzene ring substituents is 1. The molecule has 2 aromatic rings. The van der Waals surface area contributed by atoms with Crippen LogP contribution in [0.3, 0.4) is 0 Å². The van der Waals surface area contributed by atoms with Crippen molar-refractivity contribution in [3.63, 3.8) is 0 Å². The minimum absolute atomic E-state index is 0.177. The Morgan fingerprint density at radius 3 is 2.59 bits per heavy atom. The summed E-state index contributed by atoms with van der Waals surface area (Å²) in [5, 5.41) is 11.5. The van der Waals surface area contributed by atoms with Crippen molar-refractivity contribution >= 4 is 33.3 Å². The molecular weight excluding hydrogens is 522 g/mol. The van der Waals surface area contributed by atoms with E-state index in [9.17, 15) is 23.3 Å². The van der Waals surface area contributed by atoms with Crippen LogP contribution in [0.4, 0.5) is 5.69 Å². The average Bonchev–Trinajstić information content (AvgIpc) is 2.89. The van der Waals surface area contributed by atoms with Gasteiger partial charge in [0, 0.05) is 31.1 Å². The van der Waals surface area contributed by atoms with Gasteiger partial charge in [0.05, 0.1) is 18.5 Å². The van der Waals surface area contributed by atoms with E-state index in [1.807, 2.05) is 24.3 Å². The highest BCUT2D eigenvalue weighted by Crippen LogP contribution is 2.30. The van der Waals surface area contributed by atoms with Crippen LogP contribution in [0.1, 0.15) is 24.8 Å². The molecular formula is C25H32ClN3O7S. The molecule has 0 spiro atoms. The quantitative estimate of drug-likeness (QED) is 0.160. The first-order valence-electron chi connectivity index (χ1n) is 12.1. The zero-order valence-electron chi connectivity index (χ0n) is 20.8. The van der Waals surface area contributed by atoms with E-state index in [-0.39, 0.29) is 29.9 Å². The van der Waals surface area contributed by atoms with Crippen molar-refractivity contribution < 1.29 is 27.6 Å². The van der Waals surface area contributed by atoms with E-state index in [0.717, 1.165) is 5.56 Å². The number of esters is 1. The van der Waals surface area contributed by atoms with Gasteiger partial charge in [0.15, 0.2) is 4.90 Å². The summed E-state index contributed by atoms with van der Waals surface area (Å²) in [5.41, 5.74) is 0.380. The second kappa shape index (κ2) is 13.7. The van der Waals surface area contributed by atoms with Crippen LogP contribution in [0.5, 0.6) is 5.75 Å². The van der Waals surface area contributed by atoms with Crippen LogP contribution < -0.4 is 4.74 Å². The number of nitrogens with zero attached hydrogens (tertiary/aromatic N) is 3. The first-order valence-corrected chi connectivity index (χ1v) is 14.1. The lowest BCUT2D eigenvalue weighted by atomic mass is 10.1. The highest BCUT2D eigenvalue weighted by molar-refractivity contribution is 7.89. The van der Waals surface area contributed by atoms with Gasteiger partial charge in [-0.15, -0.1) is 11.6 Å². The Morgan fingerprint density at radius 1 is 1.19 bits per heavy atom. The summed E-state index contributed by atoms with van der Waals surface area (Å²) in [7, 11) is -2.73. The number of methoxy groups -OCH3 is 1. The fourth-order valence-corrected chi connectivity index (χ4v) is 6.38. The second-order valence-electron chi connectivity index (χ2n) is 8.70. The lowest BCUT2D eigenvalue weighted by Gasteiger charge is -2.37. The molecule has 2 aromatic carbocycles. The number of benzene rings is 2. The maximum atomic E-state index is 13.5. The zero-order chi connectivity index (χ0) is 26.8. The number of rotatable bonds is 13. The Balaban J connectivity index is 1.59. The second-order valence-corrected chi connectivity index (χ2v) is 10.9. The number of carbonyl (C=O) groups is 1. The van der Waals surface area contributed by atoms with Crippen LogP contribution in [0.2, 0.25) is 0 Å². The van der Waals surface area contributed by atoms with Gasteiger partial charge in [-0.1, -0.05) is 24.3 Å². The molecule has 0 bridgehead atoms. The molecule has 0 unspecified atom stereocenters. The van der Waals surface area contributed by atoms with Crippen molar-refractivity contribution in [2.75, 3.05) is 45.8 Å². The highest BCUT2D eigenvalue weighted by Gasteiger charge is 2.36. The van der Waals surface area contributed by atoms with Crippen molar-refractivity contribution in [3.05, 3.63) is 64.2 Å².